The van der Waals surface area contributed by atoms with Crippen molar-refractivity contribution in [3.05, 3.63) is 57.6 Å². The van der Waals surface area contributed by atoms with Gasteiger partial charge < -0.3 is 9.84 Å². The van der Waals surface area contributed by atoms with Gasteiger partial charge >= 0.3 is 0 Å². The monoisotopic (exact) mass is 282 g/mol. The molecule has 0 radical (unpaired) electrons. The number of halogens is 2. The highest BCUT2D eigenvalue weighted by molar-refractivity contribution is 6.34. The number of aryl methyl sites for hydroxylation is 1. The standard InChI is InChI=1S/C14H12Cl2O2/c1-9-6-10(8-17)2-5-13(9)18-14-7-11(15)3-4-12(14)16/h2-7,17H,8H2,1H3. The van der Waals surface area contributed by atoms with Gasteiger partial charge in [-0.2, -0.15) is 0 Å². The minimum Gasteiger partial charge on any atom is -0.455 e. The molecule has 0 saturated heterocycles. The van der Waals surface area contributed by atoms with E-state index in [1.54, 1.807) is 30.3 Å². The van der Waals surface area contributed by atoms with Crippen LogP contribution in [0.15, 0.2) is 36.4 Å². The minimum absolute atomic E-state index is 0.0129. The average Bonchev–Trinajstić information content (AvgIpc) is 2.36. The van der Waals surface area contributed by atoms with E-state index in [-0.39, 0.29) is 6.61 Å². The summed E-state index contributed by atoms with van der Waals surface area (Å²) >= 11 is 11.9. The number of aliphatic hydroxyl groups excluding tert-OH is 1. The van der Waals surface area contributed by atoms with E-state index in [0.29, 0.717) is 21.5 Å². The molecule has 94 valence electrons. The van der Waals surface area contributed by atoms with Gasteiger partial charge in [-0.05, 0) is 36.2 Å². The summed E-state index contributed by atoms with van der Waals surface area (Å²) in [6.45, 7) is 1.92. The Hall–Kier alpha value is -1.22. The zero-order valence-corrected chi connectivity index (χ0v) is 11.3. The summed E-state index contributed by atoms with van der Waals surface area (Å²) < 4.78 is 5.72. The molecule has 0 heterocycles. The second-order valence-corrected chi connectivity index (χ2v) is 4.78. The van der Waals surface area contributed by atoms with Crippen molar-refractivity contribution in [2.75, 3.05) is 0 Å². The van der Waals surface area contributed by atoms with Gasteiger partial charge in [-0.1, -0.05) is 35.3 Å². The lowest BCUT2D eigenvalue weighted by Gasteiger charge is -2.11. The summed E-state index contributed by atoms with van der Waals surface area (Å²) in [6, 6.07) is 10.5. The third kappa shape index (κ3) is 2.96. The maximum Gasteiger partial charge on any atom is 0.147 e. The van der Waals surface area contributed by atoms with Crippen LogP contribution in [0.5, 0.6) is 11.5 Å². The van der Waals surface area contributed by atoms with Crippen LogP contribution < -0.4 is 4.74 Å². The van der Waals surface area contributed by atoms with Gasteiger partial charge in [0.2, 0.25) is 0 Å². The topological polar surface area (TPSA) is 29.5 Å². The summed E-state index contributed by atoms with van der Waals surface area (Å²) in [4.78, 5) is 0. The maximum absolute atomic E-state index is 9.04. The molecule has 0 fully saturated rings. The first kappa shape index (κ1) is 13.2. The molecule has 2 aromatic rings. The van der Waals surface area contributed by atoms with Crippen LogP contribution in [-0.4, -0.2) is 5.11 Å². The van der Waals surface area contributed by atoms with Gasteiger partial charge in [-0.15, -0.1) is 0 Å². The SMILES string of the molecule is Cc1cc(CO)ccc1Oc1cc(Cl)ccc1Cl. The lowest BCUT2D eigenvalue weighted by Crippen LogP contribution is -1.91. The molecule has 0 atom stereocenters. The summed E-state index contributed by atoms with van der Waals surface area (Å²) in [6.07, 6.45) is 0. The number of aliphatic hydroxyl groups is 1. The van der Waals surface area contributed by atoms with Gasteiger partial charge in [0.15, 0.2) is 0 Å². The van der Waals surface area contributed by atoms with E-state index in [1.807, 2.05) is 13.0 Å². The predicted octanol–water partition coefficient (Wildman–Crippen LogP) is 4.59. The number of hydrogen-bond donors (Lipinski definition) is 1. The van der Waals surface area contributed by atoms with E-state index in [4.69, 9.17) is 33.0 Å². The quantitative estimate of drug-likeness (QED) is 0.893. The largest absolute Gasteiger partial charge is 0.455 e. The van der Waals surface area contributed by atoms with Crippen LogP contribution in [-0.2, 0) is 6.61 Å². The van der Waals surface area contributed by atoms with Crippen LogP contribution in [0.3, 0.4) is 0 Å². The Labute approximate surface area is 116 Å². The fraction of sp³-hybridized carbons (Fsp3) is 0.143. The number of ether oxygens (including phenoxy) is 1. The predicted molar refractivity (Wildman–Crippen MR) is 73.6 cm³/mol. The molecule has 2 aromatic carbocycles. The lowest BCUT2D eigenvalue weighted by molar-refractivity contribution is 0.281. The van der Waals surface area contributed by atoms with Gasteiger partial charge in [0.1, 0.15) is 11.5 Å². The highest BCUT2D eigenvalue weighted by Crippen LogP contribution is 2.33. The first-order chi connectivity index (χ1) is 8.60. The molecule has 0 bridgehead atoms. The molecule has 0 unspecified atom stereocenters. The maximum atomic E-state index is 9.04. The molecule has 4 heteroatoms. The molecule has 0 spiro atoms. The molecule has 0 saturated carbocycles. The third-order valence-corrected chi connectivity index (χ3v) is 3.08. The van der Waals surface area contributed by atoms with E-state index in [9.17, 15) is 0 Å². The molecule has 0 aromatic heterocycles. The van der Waals surface area contributed by atoms with Gasteiger partial charge in [0, 0.05) is 11.1 Å². The van der Waals surface area contributed by atoms with E-state index < -0.39 is 0 Å². The molecular weight excluding hydrogens is 271 g/mol. The first-order valence-electron chi connectivity index (χ1n) is 5.43. The highest BCUT2D eigenvalue weighted by atomic mass is 35.5. The molecule has 1 N–H and O–H groups in total. The van der Waals surface area contributed by atoms with Crippen molar-refractivity contribution in [3.8, 4) is 11.5 Å². The Morgan fingerprint density at radius 2 is 1.83 bits per heavy atom. The molecule has 2 rings (SSSR count). The van der Waals surface area contributed by atoms with Crippen LogP contribution in [0, 0.1) is 6.92 Å². The molecule has 0 aliphatic carbocycles. The summed E-state index contributed by atoms with van der Waals surface area (Å²) in [5, 5.41) is 10.1. The fourth-order valence-corrected chi connectivity index (χ4v) is 1.92. The fourth-order valence-electron chi connectivity index (χ4n) is 1.60. The summed E-state index contributed by atoms with van der Waals surface area (Å²) in [5.41, 5.74) is 1.77. The third-order valence-electron chi connectivity index (χ3n) is 2.54. The number of benzene rings is 2. The molecule has 0 amide bonds. The van der Waals surface area contributed by atoms with Crippen molar-refractivity contribution in [3.63, 3.8) is 0 Å². The molecule has 18 heavy (non-hydrogen) atoms. The Morgan fingerprint density at radius 1 is 1.06 bits per heavy atom. The number of rotatable bonds is 3. The van der Waals surface area contributed by atoms with E-state index >= 15 is 0 Å². The van der Waals surface area contributed by atoms with Crippen molar-refractivity contribution in [2.24, 2.45) is 0 Å². The normalized spacial score (nSPS) is 10.4. The first-order valence-corrected chi connectivity index (χ1v) is 6.19. The van der Waals surface area contributed by atoms with Crippen LogP contribution in [0.25, 0.3) is 0 Å². The van der Waals surface area contributed by atoms with Crippen LogP contribution in [0.1, 0.15) is 11.1 Å². The van der Waals surface area contributed by atoms with Gasteiger partial charge in [-0.3, -0.25) is 0 Å². The van der Waals surface area contributed by atoms with E-state index in [2.05, 4.69) is 0 Å². The zero-order valence-electron chi connectivity index (χ0n) is 9.78. The lowest BCUT2D eigenvalue weighted by atomic mass is 10.1. The van der Waals surface area contributed by atoms with Gasteiger partial charge in [0.05, 0.1) is 11.6 Å². The second kappa shape index (κ2) is 5.61. The summed E-state index contributed by atoms with van der Waals surface area (Å²) in [5.74, 6) is 1.21. The zero-order chi connectivity index (χ0) is 13.1. The van der Waals surface area contributed by atoms with Crippen LogP contribution in [0.2, 0.25) is 10.0 Å². The molecule has 2 nitrogen and oxygen atoms in total. The van der Waals surface area contributed by atoms with E-state index in [1.165, 1.54) is 0 Å². The average molecular weight is 283 g/mol. The van der Waals surface area contributed by atoms with Gasteiger partial charge in [-0.25, -0.2) is 0 Å². The van der Waals surface area contributed by atoms with Crippen molar-refractivity contribution in [1.82, 2.24) is 0 Å². The van der Waals surface area contributed by atoms with Crippen molar-refractivity contribution in [2.45, 2.75) is 13.5 Å². The Kier molecular flexibility index (Phi) is 4.12. The van der Waals surface area contributed by atoms with Crippen LogP contribution in [0.4, 0.5) is 0 Å². The Balaban J connectivity index is 2.31. The highest BCUT2D eigenvalue weighted by Gasteiger charge is 2.07. The van der Waals surface area contributed by atoms with Crippen molar-refractivity contribution < 1.29 is 9.84 Å². The van der Waals surface area contributed by atoms with Crippen molar-refractivity contribution >= 4 is 23.2 Å². The minimum atomic E-state index is 0.0129. The van der Waals surface area contributed by atoms with Crippen molar-refractivity contribution in [1.29, 1.82) is 0 Å². The second-order valence-electron chi connectivity index (χ2n) is 3.93. The summed E-state index contributed by atoms with van der Waals surface area (Å²) in [7, 11) is 0. The van der Waals surface area contributed by atoms with Gasteiger partial charge in [0.25, 0.3) is 0 Å². The van der Waals surface area contributed by atoms with E-state index in [0.717, 1.165) is 11.1 Å². The molecule has 0 aliphatic rings. The number of hydrogen-bond acceptors (Lipinski definition) is 2. The Bertz CT molecular complexity index is 568. The smallest absolute Gasteiger partial charge is 0.147 e. The molecular formula is C14H12Cl2O2. The Morgan fingerprint density at radius 3 is 2.50 bits per heavy atom. The van der Waals surface area contributed by atoms with Crippen LogP contribution >= 0.6 is 23.2 Å². The molecule has 0 aliphatic heterocycles.